The Morgan fingerprint density at radius 2 is 1.50 bits per heavy atom. The van der Waals surface area contributed by atoms with Crippen LogP contribution in [0, 0.1) is 0 Å². The summed E-state index contributed by atoms with van der Waals surface area (Å²) in [7, 11) is 0. The molecule has 0 saturated carbocycles. The number of hydrogen-bond donors (Lipinski definition) is 0. The molecule has 0 aliphatic heterocycles. The smallest absolute Gasteiger partial charge is 0.338 e. The summed E-state index contributed by atoms with van der Waals surface area (Å²) in [6.45, 7) is 4.31. The molecule has 0 spiro atoms. The molecule has 0 bridgehead atoms. The van der Waals surface area contributed by atoms with Gasteiger partial charge in [0.25, 0.3) is 0 Å². The van der Waals surface area contributed by atoms with Crippen molar-refractivity contribution >= 4 is 11.8 Å². The van der Waals surface area contributed by atoms with Crippen LogP contribution in [-0.4, -0.2) is 18.4 Å². The quantitative estimate of drug-likeness (QED) is 0.381. The largest absolute Gasteiger partial charge is 0.462 e. The number of esters is 1. The molecule has 1 aromatic carbocycles. The molecule has 0 N–H and O–H groups in total. The second-order valence-electron chi connectivity index (χ2n) is 4.89. The van der Waals surface area contributed by atoms with Crippen molar-refractivity contribution in [2.24, 2.45) is 0 Å². The Bertz CT molecular complexity index is 420. The first-order chi connectivity index (χ1) is 9.69. The number of carbonyl (C=O) groups excluding carboxylic acids is 2. The minimum absolute atomic E-state index is 0.150. The van der Waals surface area contributed by atoms with Gasteiger partial charge in [-0.1, -0.05) is 44.7 Å². The molecule has 0 unspecified atom stereocenters. The first-order valence-electron chi connectivity index (χ1n) is 7.49. The summed E-state index contributed by atoms with van der Waals surface area (Å²) in [5, 5.41) is 0. The van der Waals surface area contributed by atoms with E-state index in [4.69, 9.17) is 4.74 Å². The van der Waals surface area contributed by atoms with Gasteiger partial charge >= 0.3 is 5.97 Å². The zero-order valence-corrected chi connectivity index (χ0v) is 12.5. The average molecular weight is 276 g/mol. The molecule has 3 nitrogen and oxygen atoms in total. The topological polar surface area (TPSA) is 43.4 Å². The van der Waals surface area contributed by atoms with Crippen LogP contribution in [0.3, 0.4) is 0 Å². The van der Waals surface area contributed by atoms with Crippen molar-refractivity contribution in [2.45, 2.75) is 52.4 Å². The molecule has 0 aliphatic carbocycles. The van der Waals surface area contributed by atoms with Crippen molar-refractivity contribution in [1.82, 2.24) is 0 Å². The lowest BCUT2D eigenvalue weighted by Gasteiger charge is -2.04. The number of carbonyl (C=O) groups is 2. The van der Waals surface area contributed by atoms with Gasteiger partial charge in [0, 0.05) is 12.0 Å². The monoisotopic (exact) mass is 276 g/mol. The summed E-state index contributed by atoms with van der Waals surface area (Å²) in [5.41, 5.74) is 1.17. The second kappa shape index (κ2) is 9.29. The van der Waals surface area contributed by atoms with Crippen molar-refractivity contribution in [1.29, 1.82) is 0 Å². The van der Waals surface area contributed by atoms with Crippen molar-refractivity contribution in [2.75, 3.05) is 6.61 Å². The standard InChI is InChI=1S/C17H24O3/c1-3-5-6-7-8-9-16(18)14-10-12-15(13-11-14)17(19)20-4-2/h10-13H,3-9H2,1-2H3. The van der Waals surface area contributed by atoms with Crippen LogP contribution < -0.4 is 0 Å². The normalized spacial score (nSPS) is 10.3. The predicted molar refractivity (Wildman–Crippen MR) is 80.1 cm³/mol. The van der Waals surface area contributed by atoms with Crippen LogP contribution in [0.2, 0.25) is 0 Å². The van der Waals surface area contributed by atoms with E-state index in [0.29, 0.717) is 24.2 Å². The minimum atomic E-state index is -0.342. The summed E-state index contributed by atoms with van der Waals surface area (Å²) >= 11 is 0. The van der Waals surface area contributed by atoms with Crippen LogP contribution in [-0.2, 0) is 4.74 Å². The molecule has 0 aromatic heterocycles. The van der Waals surface area contributed by atoms with Crippen LogP contribution in [0.25, 0.3) is 0 Å². The van der Waals surface area contributed by atoms with Crippen LogP contribution >= 0.6 is 0 Å². The Morgan fingerprint density at radius 3 is 2.10 bits per heavy atom. The first-order valence-corrected chi connectivity index (χ1v) is 7.49. The molecule has 1 aromatic rings. The summed E-state index contributed by atoms with van der Waals surface area (Å²) in [6.07, 6.45) is 6.29. The maximum Gasteiger partial charge on any atom is 0.338 e. The summed E-state index contributed by atoms with van der Waals surface area (Å²) in [4.78, 5) is 23.5. The minimum Gasteiger partial charge on any atom is -0.462 e. The highest BCUT2D eigenvalue weighted by atomic mass is 16.5. The first kappa shape index (κ1) is 16.4. The number of benzene rings is 1. The Kier molecular flexibility index (Phi) is 7.63. The van der Waals surface area contributed by atoms with E-state index >= 15 is 0 Å². The van der Waals surface area contributed by atoms with Crippen molar-refractivity contribution in [3.8, 4) is 0 Å². The molecule has 0 fully saturated rings. The lowest BCUT2D eigenvalue weighted by Crippen LogP contribution is -2.05. The van der Waals surface area contributed by atoms with Gasteiger partial charge in [0.1, 0.15) is 0 Å². The number of ether oxygens (including phenoxy) is 1. The Hall–Kier alpha value is -1.64. The van der Waals surface area contributed by atoms with E-state index in [-0.39, 0.29) is 11.8 Å². The van der Waals surface area contributed by atoms with E-state index in [9.17, 15) is 9.59 Å². The van der Waals surface area contributed by atoms with E-state index < -0.39 is 0 Å². The summed E-state index contributed by atoms with van der Waals surface area (Å²) < 4.78 is 4.91. The number of hydrogen-bond acceptors (Lipinski definition) is 3. The van der Waals surface area contributed by atoms with Gasteiger partial charge in [-0.05, 0) is 25.5 Å². The SMILES string of the molecule is CCCCCCCC(=O)c1ccc(C(=O)OCC)cc1. The number of unbranched alkanes of at least 4 members (excludes halogenated alkanes) is 4. The van der Waals surface area contributed by atoms with E-state index in [2.05, 4.69) is 6.92 Å². The molecular formula is C17H24O3. The van der Waals surface area contributed by atoms with Gasteiger partial charge in [0.15, 0.2) is 5.78 Å². The van der Waals surface area contributed by atoms with Crippen LogP contribution in [0.4, 0.5) is 0 Å². The number of Topliss-reactive ketones (excluding diaryl/α,β-unsaturated/α-hetero) is 1. The molecule has 20 heavy (non-hydrogen) atoms. The van der Waals surface area contributed by atoms with Gasteiger partial charge in [-0.25, -0.2) is 4.79 Å². The maximum atomic E-state index is 12.0. The molecule has 3 heteroatoms. The van der Waals surface area contributed by atoms with Gasteiger partial charge in [-0.3, -0.25) is 4.79 Å². The highest BCUT2D eigenvalue weighted by Gasteiger charge is 2.09. The van der Waals surface area contributed by atoms with Gasteiger partial charge in [-0.15, -0.1) is 0 Å². The molecule has 0 atom stereocenters. The molecule has 0 radical (unpaired) electrons. The third-order valence-electron chi connectivity index (χ3n) is 3.23. The molecular weight excluding hydrogens is 252 g/mol. The molecule has 110 valence electrons. The maximum absolute atomic E-state index is 12.0. The van der Waals surface area contributed by atoms with Gasteiger partial charge in [-0.2, -0.15) is 0 Å². The van der Waals surface area contributed by atoms with Crippen LogP contribution in [0.15, 0.2) is 24.3 Å². The van der Waals surface area contributed by atoms with Gasteiger partial charge in [0.05, 0.1) is 12.2 Å². The fourth-order valence-electron chi connectivity index (χ4n) is 2.04. The zero-order chi connectivity index (χ0) is 14.8. The molecule has 0 amide bonds. The van der Waals surface area contributed by atoms with Crippen LogP contribution in [0.1, 0.15) is 73.1 Å². The van der Waals surface area contributed by atoms with Crippen molar-refractivity contribution < 1.29 is 14.3 Å². The van der Waals surface area contributed by atoms with Gasteiger partial charge < -0.3 is 4.74 Å². The highest BCUT2D eigenvalue weighted by molar-refractivity contribution is 5.97. The number of rotatable bonds is 9. The Labute approximate surface area is 121 Å². The Balaban J connectivity index is 2.43. The predicted octanol–water partition coefficient (Wildman–Crippen LogP) is 4.41. The lowest BCUT2D eigenvalue weighted by atomic mass is 10.0. The zero-order valence-electron chi connectivity index (χ0n) is 12.5. The molecule has 0 saturated heterocycles. The van der Waals surface area contributed by atoms with Crippen molar-refractivity contribution in [3.05, 3.63) is 35.4 Å². The van der Waals surface area contributed by atoms with E-state index in [0.717, 1.165) is 12.8 Å². The van der Waals surface area contributed by atoms with Crippen LogP contribution in [0.5, 0.6) is 0 Å². The third-order valence-corrected chi connectivity index (χ3v) is 3.23. The van der Waals surface area contributed by atoms with E-state index in [1.165, 1.54) is 19.3 Å². The molecule has 0 aliphatic rings. The Morgan fingerprint density at radius 1 is 0.900 bits per heavy atom. The highest BCUT2D eigenvalue weighted by Crippen LogP contribution is 2.12. The lowest BCUT2D eigenvalue weighted by molar-refractivity contribution is 0.0526. The van der Waals surface area contributed by atoms with E-state index in [1.807, 2.05) is 0 Å². The average Bonchev–Trinajstić information content (AvgIpc) is 2.47. The molecule has 1 rings (SSSR count). The molecule has 0 heterocycles. The third kappa shape index (κ3) is 5.55. The fourth-order valence-corrected chi connectivity index (χ4v) is 2.04. The second-order valence-corrected chi connectivity index (χ2v) is 4.89. The summed E-state index contributed by atoms with van der Waals surface area (Å²) in [6, 6.07) is 6.73. The summed E-state index contributed by atoms with van der Waals surface area (Å²) in [5.74, 6) is -0.192. The van der Waals surface area contributed by atoms with Crippen molar-refractivity contribution in [3.63, 3.8) is 0 Å². The van der Waals surface area contributed by atoms with Gasteiger partial charge in [0.2, 0.25) is 0 Å². The number of ketones is 1. The van der Waals surface area contributed by atoms with E-state index in [1.54, 1.807) is 31.2 Å². The fraction of sp³-hybridized carbons (Fsp3) is 0.529.